The minimum atomic E-state index is -0.133. The van der Waals surface area contributed by atoms with Crippen LogP contribution in [0.5, 0.6) is 0 Å². The van der Waals surface area contributed by atoms with E-state index >= 15 is 0 Å². The highest BCUT2D eigenvalue weighted by molar-refractivity contribution is 6.23. The van der Waals surface area contributed by atoms with Crippen LogP contribution in [0.2, 0.25) is 0 Å². The lowest BCUT2D eigenvalue weighted by Crippen LogP contribution is -1.97. The van der Waals surface area contributed by atoms with Gasteiger partial charge in [0.2, 0.25) is 0 Å². The van der Waals surface area contributed by atoms with E-state index in [4.69, 9.17) is 9.97 Å². The van der Waals surface area contributed by atoms with Crippen LogP contribution in [-0.2, 0) is 13.2 Å². The molecule has 5 aromatic rings. The molecule has 0 aliphatic carbocycles. The van der Waals surface area contributed by atoms with E-state index in [9.17, 15) is 10.2 Å². The van der Waals surface area contributed by atoms with Crippen LogP contribution < -0.4 is 0 Å². The number of rotatable bonds is 3. The first kappa shape index (κ1) is 16.8. The van der Waals surface area contributed by atoms with Gasteiger partial charge in [-0.3, -0.25) is 4.98 Å². The number of hydrogen-bond donors (Lipinski definition) is 2. The van der Waals surface area contributed by atoms with Gasteiger partial charge in [-0.15, -0.1) is 0 Å². The molecule has 4 heteroatoms. The summed E-state index contributed by atoms with van der Waals surface area (Å²) in [5, 5.41) is 23.5. The van der Waals surface area contributed by atoms with Crippen LogP contribution >= 0.6 is 0 Å². The van der Waals surface area contributed by atoms with E-state index in [1.165, 1.54) is 0 Å². The van der Waals surface area contributed by atoms with Crippen LogP contribution in [0.25, 0.3) is 43.8 Å². The molecular formula is C24H18N2O2. The second kappa shape index (κ2) is 6.68. The second-order valence-corrected chi connectivity index (χ2v) is 6.85. The Balaban J connectivity index is 1.96. The lowest BCUT2D eigenvalue weighted by atomic mass is 9.95. The number of benzene rings is 4. The van der Waals surface area contributed by atoms with Gasteiger partial charge in [-0.25, -0.2) is 4.98 Å². The predicted molar refractivity (Wildman–Crippen MR) is 112 cm³/mol. The highest BCUT2D eigenvalue weighted by Gasteiger charge is 2.14. The number of hydrogen-bond acceptors (Lipinski definition) is 4. The number of aromatic nitrogens is 2. The molecule has 136 valence electrons. The van der Waals surface area contributed by atoms with Crippen LogP contribution in [0.1, 0.15) is 11.1 Å². The van der Waals surface area contributed by atoms with Crippen LogP contribution in [0.3, 0.4) is 0 Å². The van der Waals surface area contributed by atoms with Crippen molar-refractivity contribution in [3.63, 3.8) is 0 Å². The zero-order valence-corrected chi connectivity index (χ0v) is 15.1. The van der Waals surface area contributed by atoms with Gasteiger partial charge in [0.1, 0.15) is 0 Å². The molecule has 0 amide bonds. The molecule has 1 heterocycles. The largest absolute Gasteiger partial charge is 0.392 e. The minimum Gasteiger partial charge on any atom is -0.392 e. The molecule has 0 aliphatic rings. The molecule has 0 atom stereocenters. The van der Waals surface area contributed by atoms with Gasteiger partial charge in [0, 0.05) is 16.3 Å². The third-order valence-corrected chi connectivity index (χ3v) is 5.25. The molecule has 0 bridgehead atoms. The number of fused-ring (bicyclic) bond motifs is 6. The first-order valence-electron chi connectivity index (χ1n) is 9.20. The van der Waals surface area contributed by atoms with Crippen molar-refractivity contribution in [3.8, 4) is 11.3 Å². The van der Waals surface area contributed by atoms with Gasteiger partial charge >= 0.3 is 0 Å². The third-order valence-electron chi connectivity index (χ3n) is 5.25. The van der Waals surface area contributed by atoms with Crippen molar-refractivity contribution in [3.05, 3.63) is 84.1 Å². The summed E-state index contributed by atoms with van der Waals surface area (Å²) < 4.78 is 0. The Morgan fingerprint density at radius 3 is 2.00 bits per heavy atom. The number of aliphatic hydroxyl groups is 2. The Morgan fingerprint density at radius 1 is 0.643 bits per heavy atom. The average Bonchev–Trinajstić information content (AvgIpc) is 2.78. The van der Waals surface area contributed by atoms with E-state index < -0.39 is 0 Å². The number of aliphatic hydroxyl groups excluding tert-OH is 2. The SMILES string of the molecule is OCc1cc2c3ccccc3c3ncc(-c4ccccc4)nc3c2cc1CO. The Labute approximate surface area is 161 Å². The molecule has 0 saturated carbocycles. The summed E-state index contributed by atoms with van der Waals surface area (Å²) in [5.41, 5.74) is 4.89. The minimum absolute atomic E-state index is 0.117. The van der Waals surface area contributed by atoms with Crippen LogP contribution in [0.15, 0.2) is 72.9 Å². The van der Waals surface area contributed by atoms with E-state index in [1.54, 1.807) is 0 Å². The fourth-order valence-electron chi connectivity index (χ4n) is 3.85. The second-order valence-electron chi connectivity index (χ2n) is 6.85. The lowest BCUT2D eigenvalue weighted by molar-refractivity contribution is 0.260. The van der Waals surface area contributed by atoms with Crippen molar-refractivity contribution < 1.29 is 10.2 Å². The van der Waals surface area contributed by atoms with Crippen molar-refractivity contribution in [2.24, 2.45) is 0 Å². The first-order chi connectivity index (χ1) is 13.8. The normalized spacial score (nSPS) is 11.5. The van der Waals surface area contributed by atoms with Crippen molar-refractivity contribution in [2.45, 2.75) is 13.2 Å². The molecule has 5 rings (SSSR count). The molecule has 0 saturated heterocycles. The van der Waals surface area contributed by atoms with Crippen molar-refractivity contribution >= 4 is 32.6 Å². The molecule has 4 nitrogen and oxygen atoms in total. The third kappa shape index (κ3) is 2.54. The van der Waals surface area contributed by atoms with E-state index in [1.807, 2.05) is 66.9 Å². The molecule has 0 fully saturated rings. The van der Waals surface area contributed by atoms with Gasteiger partial charge < -0.3 is 10.2 Å². The van der Waals surface area contributed by atoms with Gasteiger partial charge in [-0.1, -0.05) is 54.6 Å². The highest BCUT2D eigenvalue weighted by atomic mass is 16.3. The molecule has 2 N–H and O–H groups in total. The van der Waals surface area contributed by atoms with Crippen LogP contribution in [0.4, 0.5) is 0 Å². The summed E-state index contributed by atoms with van der Waals surface area (Å²) in [6.07, 6.45) is 1.81. The highest BCUT2D eigenvalue weighted by Crippen LogP contribution is 2.35. The Kier molecular flexibility index (Phi) is 4.01. The van der Waals surface area contributed by atoms with Gasteiger partial charge in [0.25, 0.3) is 0 Å². The van der Waals surface area contributed by atoms with E-state index in [0.29, 0.717) is 5.56 Å². The van der Waals surface area contributed by atoms with Crippen LogP contribution in [0, 0.1) is 0 Å². The van der Waals surface area contributed by atoms with Gasteiger partial charge in [0.05, 0.1) is 36.1 Å². The topological polar surface area (TPSA) is 66.2 Å². The van der Waals surface area contributed by atoms with Crippen molar-refractivity contribution in [2.75, 3.05) is 0 Å². The quantitative estimate of drug-likeness (QED) is 0.459. The fourth-order valence-corrected chi connectivity index (χ4v) is 3.85. The smallest absolute Gasteiger partial charge is 0.0979 e. The van der Waals surface area contributed by atoms with Crippen molar-refractivity contribution in [1.29, 1.82) is 0 Å². The monoisotopic (exact) mass is 366 g/mol. The molecule has 4 aromatic carbocycles. The average molecular weight is 366 g/mol. The lowest BCUT2D eigenvalue weighted by Gasteiger charge is -2.13. The summed E-state index contributed by atoms with van der Waals surface area (Å²) in [6, 6.07) is 22.0. The molecule has 28 heavy (non-hydrogen) atoms. The first-order valence-corrected chi connectivity index (χ1v) is 9.20. The van der Waals surface area contributed by atoms with E-state index in [0.717, 1.165) is 49.4 Å². The van der Waals surface area contributed by atoms with E-state index in [-0.39, 0.29) is 13.2 Å². The fraction of sp³-hybridized carbons (Fsp3) is 0.0833. The van der Waals surface area contributed by atoms with Gasteiger partial charge in [-0.2, -0.15) is 0 Å². The molecule has 1 aromatic heterocycles. The zero-order chi connectivity index (χ0) is 19.1. The summed E-state index contributed by atoms with van der Waals surface area (Å²) in [6.45, 7) is -0.250. The maximum Gasteiger partial charge on any atom is 0.0979 e. The Hall–Kier alpha value is -3.34. The molecule has 0 aliphatic heterocycles. The Bertz CT molecular complexity index is 1330. The molecular weight excluding hydrogens is 348 g/mol. The maximum atomic E-state index is 9.78. The summed E-state index contributed by atoms with van der Waals surface area (Å²) >= 11 is 0. The predicted octanol–water partition coefficient (Wildman–Crippen LogP) is 4.59. The summed E-state index contributed by atoms with van der Waals surface area (Å²) in [7, 11) is 0. The van der Waals surface area contributed by atoms with E-state index in [2.05, 4.69) is 6.07 Å². The maximum absolute atomic E-state index is 9.78. The summed E-state index contributed by atoms with van der Waals surface area (Å²) in [5.74, 6) is 0. The number of nitrogens with zero attached hydrogens (tertiary/aromatic N) is 2. The van der Waals surface area contributed by atoms with Gasteiger partial charge in [0.15, 0.2) is 0 Å². The molecule has 0 spiro atoms. The van der Waals surface area contributed by atoms with Gasteiger partial charge in [-0.05, 0) is 34.0 Å². The standard InChI is InChI=1S/C24H18N2O2/c27-13-16-10-20-18-8-4-5-9-19(18)23-24(21(20)11-17(16)14-28)26-22(12-25-23)15-6-2-1-3-7-15/h1-12,27-28H,13-14H2. The van der Waals surface area contributed by atoms with Crippen LogP contribution in [-0.4, -0.2) is 20.2 Å². The Morgan fingerprint density at radius 2 is 1.29 bits per heavy atom. The molecule has 0 unspecified atom stereocenters. The summed E-state index contributed by atoms with van der Waals surface area (Å²) in [4.78, 5) is 9.71. The van der Waals surface area contributed by atoms with Crippen molar-refractivity contribution in [1.82, 2.24) is 9.97 Å². The zero-order valence-electron chi connectivity index (χ0n) is 15.1. The molecule has 0 radical (unpaired) electrons.